The Kier molecular flexibility index (Phi) is 7.11. The molecule has 2 saturated heterocycles. The van der Waals surface area contributed by atoms with Crippen LogP contribution in [0.15, 0.2) is 24.3 Å². The summed E-state index contributed by atoms with van der Waals surface area (Å²) in [5.41, 5.74) is 1.10. The number of methoxy groups -OCH3 is 1. The predicted octanol–water partition coefficient (Wildman–Crippen LogP) is 0.266. The summed E-state index contributed by atoms with van der Waals surface area (Å²) in [6.45, 7) is 9.00. The van der Waals surface area contributed by atoms with Crippen LogP contribution in [0, 0.1) is 0 Å². The van der Waals surface area contributed by atoms with Gasteiger partial charge in [0.25, 0.3) is 0 Å². The summed E-state index contributed by atoms with van der Waals surface area (Å²) in [4.78, 5) is 19.0. The molecule has 2 fully saturated rings. The van der Waals surface area contributed by atoms with Gasteiger partial charge < -0.3 is 24.6 Å². The first-order valence-electron chi connectivity index (χ1n) is 9.44. The van der Waals surface area contributed by atoms with Crippen LogP contribution in [0.1, 0.15) is 0 Å². The fourth-order valence-electron chi connectivity index (χ4n) is 3.46. The summed E-state index contributed by atoms with van der Waals surface area (Å²) in [6, 6.07) is 8.05. The summed E-state index contributed by atoms with van der Waals surface area (Å²) in [5.74, 6) is 1.07. The zero-order valence-corrected chi connectivity index (χ0v) is 15.7. The first-order chi connectivity index (χ1) is 12.8. The summed E-state index contributed by atoms with van der Waals surface area (Å²) >= 11 is 0. The van der Waals surface area contributed by atoms with Crippen molar-refractivity contribution in [3.63, 3.8) is 0 Å². The molecule has 0 radical (unpaired) electrons. The zero-order valence-electron chi connectivity index (χ0n) is 15.7. The van der Waals surface area contributed by atoms with Crippen molar-refractivity contribution in [1.82, 2.24) is 15.1 Å². The van der Waals surface area contributed by atoms with Crippen molar-refractivity contribution in [2.75, 3.05) is 84.1 Å². The zero-order chi connectivity index (χ0) is 18.2. The van der Waals surface area contributed by atoms with Crippen LogP contribution in [0.3, 0.4) is 0 Å². The lowest BCUT2D eigenvalue weighted by Crippen LogP contribution is -2.51. The van der Waals surface area contributed by atoms with Crippen LogP contribution in [-0.4, -0.2) is 94.9 Å². The molecule has 1 amide bonds. The van der Waals surface area contributed by atoms with Crippen LogP contribution in [0.2, 0.25) is 0 Å². The second-order valence-corrected chi connectivity index (χ2v) is 6.67. The lowest BCUT2D eigenvalue weighted by molar-refractivity contribution is -0.130. The van der Waals surface area contributed by atoms with Crippen molar-refractivity contribution in [3.8, 4) is 5.75 Å². The maximum atomic E-state index is 12.4. The molecule has 1 N–H and O–H groups in total. The molecule has 0 saturated carbocycles. The first kappa shape index (κ1) is 18.9. The van der Waals surface area contributed by atoms with Crippen LogP contribution >= 0.6 is 0 Å². The molecule has 0 atom stereocenters. The molecule has 0 aliphatic carbocycles. The van der Waals surface area contributed by atoms with Gasteiger partial charge in [-0.15, -0.1) is 0 Å². The molecule has 3 rings (SSSR count). The maximum Gasteiger partial charge on any atom is 0.236 e. The number of carbonyl (C=O) groups is 1. The fourth-order valence-corrected chi connectivity index (χ4v) is 3.46. The normalized spacial score (nSPS) is 18.8. The third kappa shape index (κ3) is 5.09. The number of hydrogen-bond donors (Lipinski definition) is 1. The number of rotatable bonds is 7. The molecule has 7 nitrogen and oxygen atoms in total. The minimum atomic E-state index is 0.187. The summed E-state index contributed by atoms with van der Waals surface area (Å²) in [6.07, 6.45) is 0. The number of nitrogens with one attached hydrogen (secondary N) is 1. The second kappa shape index (κ2) is 9.75. The number of carbonyl (C=O) groups excluding carboxylic acids is 1. The number of morpholine rings is 1. The Labute approximate surface area is 155 Å². The Bertz CT molecular complexity index is 570. The van der Waals surface area contributed by atoms with Crippen LogP contribution in [0.25, 0.3) is 0 Å². The molecule has 144 valence electrons. The summed E-state index contributed by atoms with van der Waals surface area (Å²) in [7, 11) is 1.70. The molecule has 7 heteroatoms. The Morgan fingerprint density at radius 2 is 1.85 bits per heavy atom. The smallest absolute Gasteiger partial charge is 0.236 e. The van der Waals surface area contributed by atoms with E-state index in [0.717, 1.165) is 77.0 Å². The van der Waals surface area contributed by atoms with Crippen molar-refractivity contribution in [2.45, 2.75) is 0 Å². The quantitative estimate of drug-likeness (QED) is 0.703. The van der Waals surface area contributed by atoms with E-state index in [0.29, 0.717) is 6.54 Å². The van der Waals surface area contributed by atoms with Gasteiger partial charge in [0.1, 0.15) is 5.75 Å². The lowest BCUT2D eigenvalue weighted by Gasteiger charge is -2.36. The van der Waals surface area contributed by atoms with E-state index < -0.39 is 0 Å². The lowest BCUT2D eigenvalue weighted by atomic mass is 10.2. The molecule has 0 aromatic heterocycles. The molecule has 26 heavy (non-hydrogen) atoms. The van der Waals surface area contributed by atoms with E-state index >= 15 is 0 Å². The predicted molar refractivity (Wildman–Crippen MR) is 102 cm³/mol. The molecule has 0 bridgehead atoms. The highest BCUT2D eigenvalue weighted by molar-refractivity contribution is 5.78. The highest BCUT2D eigenvalue weighted by Gasteiger charge is 2.22. The van der Waals surface area contributed by atoms with Gasteiger partial charge in [0, 0.05) is 52.4 Å². The molecular weight excluding hydrogens is 332 g/mol. The number of piperazine rings is 1. The third-order valence-electron chi connectivity index (χ3n) is 5.04. The molecule has 2 aliphatic rings. The molecule has 2 aliphatic heterocycles. The van der Waals surface area contributed by atoms with Crippen LogP contribution < -0.4 is 15.0 Å². The van der Waals surface area contributed by atoms with E-state index in [1.807, 2.05) is 23.1 Å². The topological polar surface area (TPSA) is 57.3 Å². The van der Waals surface area contributed by atoms with E-state index in [1.54, 1.807) is 7.11 Å². The van der Waals surface area contributed by atoms with E-state index in [4.69, 9.17) is 9.47 Å². The number of para-hydroxylation sites is 2. The van der Waals surface area contributed by atoms with Gasteiger partial charge in [-0.3, -0.25) is 9.69 Å². The van der Waals surface area contributed by atoms with Crippen molar-refractivity contribution < 1.29 is 14.3 Å². The summed E-state index contributed by atoms with van der Waals surface area (Å²) in [5, 5.41) is 3.28. The van der Waals surface area contributed by atoms with Crippen LogP contribution in [0.5, 0.6) is 5.75 Å². The molecule has 1 aromatic carbocycles. The van der Waals surface area contributed by atoms with Crippen molar-refractivity contribution in [3.05, 3.63) is 24.3 Å². The monoisotopic (exact) mass is 362 g/mol. The van der Waals surface area contributed by atoms with Gasteiger partial charge in [0.15, 0.2) is 0 Å². The minimum absolute atomic E-state index is 0.187. The average molecular weight is 362 g/mol. The number of amides is 1. The van der Waals surface area contributed by atoms with Gasteiger partial charge in [-0.2, -0.15) is 0 Å². The Morgan fingerprint density at radius 1 is 1.12 bits per heavy atom. The van der Waals surface area contributed by atoms with Gasteiger partial charge in [-0.1, -0.05) is 12.1 Å². The Hall–Kier alpha value is -1.83. The van der Waals surface area contributed by atoms with Gasteiger partial charge in [0.05, 0.1) is 32.6 Å². The second-order valence-electron chi connectivity index (χ2n) is 6.67. The Balaban J connectivity index is 1.36. The van der Waals surface area contributed by atoms with Crippen LogP contribution in [-0.2, 0) is 9.53 Å². The van der Waals surface area contributed by atoms with Crippen molar-refractivity contribution in [2.24, 2.45) is 0 Å². The third-order valence-corrected chi connectivity index (χ3v) is 5.04. The number of hydrogen-bond acceptors (Lipinski definition) is 6. The highest BCUT2D eigenvalue weighted by Crippen LogP contribution is 2.28. The number of benzene rings is 1. The molecule has 0 unspecified atom stereocenters. The van der Waals surface area contributed by atoms with Gasteiger partial charge >= 0.3 is 0 Å². The number of anilines is 1. The minimum Gasteiger partial charge on any atom is -0.495 e. The largest absolute Gasteiger partial charge is 0.495 e. The molecular formula is C19H30N4O3. The standard InChI is InChI=1S/C19H30N4O3/c1-25-18-5-3-2-4-17(18)22-8-10-23(11-9-22)19(24)16-20-6-7-21-12-14-26-15-13-21/h2-5,20H,6-16H2,1H3. The van der Waals surface area contributed by atoms with Crippen molar-refractivity contribution >= 4 is 11.6 Å². The molecule has 1 aromatic rings. The van der Waals surface area contributed by atoms with E-state index in [1.165, 1.54) is 0 Å². The van der Waals surface area contributed by atoms with E-state index in [-0.39, 0.29) is 5.91 Å². The average Bonchev–Trinajstić information content (AvgIpc) is 2.72. The van der Waals surface area contributed by atoms with Gasteiger partial charge in [-0.05, 0) is 12.1 Å². The highest BCUT2D eigenvalue weighted by atomic mass is 16.5. The number of ether oxygens (including phenoxy) is 2. The SMILES string of the molecule is COc1ccccc1N1CCN(C(=O)CNCCN2CCOCC2)CC1. The van der Waals surface area contributed by atoms with Crippen molar-refractivity contribution in [1.29, 1.82) is 0 Å². The van der Waals surface area contributed by atoms with E-state index in [2.05, 4.69) is 21.2 Å². The molecule has 2 heterocycles. The van der Waals surface area contributed by atoms with Crippen LogP contribution in [0.4, 0.5) is 5.69 Å². The maximum absolute atomic E-state index is 12.4. The first-order valence-corrected chi connectivity index (χ1v) is 9.44. The van der Waals surface area contributed by atoms with E-state index in [9.17, 15) is 4.79 Å². The molecule has 0 spiro atoms. The number of nitrogens with zero attached hydrogens (tertiary/aromatic N) is 3. The van der Waals surface area contributed by atoms with Gasteiger partial charge in [0.2, 0.25) is 5.91 Å². The fraction of sp³-hybridized carbons (Fsp3) is 0.632. The van der Waals surface area contributed by atoms with Gasteiger partial charge in [-0.25, -0.2) is 0 Å². The summed E-state index contributed by atoms with van der Waals surface area (Å²) < 4.78 is 10.8. The Morgan fingerprint density at radius 3 is 2.58 bits per heavy atom.